The van der Waals surface area contributed by atoms with Crippen LogP contribution in [0.15, 0.2) is 30.3 Å². The van der Waals surface area contributed by atoms with Crippen LogP contribution >= 0.6 is 0 Å². The van der Waals surface area contributed by atoms with Crippen molar-refractivity contribution in [2.45, 2.75) is 39.2 Å². The van der Waals surface area contributed by atoms with Crippen molar-refractivity contribution in [1.29, 1.82) is 0 Å². The molecular formula is C15H21NO3. The number of amides is 1. The van der Waals surface area contributed by atoms with E-state index in [1.165, 1.54) is 5.56 Å². The Kier molecular flexibility index (Phi) is 6.06. The summed E-state index contributed by atoms with van der Waals surface area (Å²) >= 11 is 0. The van der Waals surface area contributed by atoms with Crippen LogP contribution in [0.5, 0.6) is 0 Å². The predicted molar refractivity (Wildman–Crippen MR) is 73.8 cm³/mol. The van der Waals surface area contributed by atoms with Crippen molar-refractivity contribution in [3.05, 3.63) is 35.9 Å². The first kappa shape index (κ1) is 15.2. The molecule has 0 unspecified atom stereocenters. The van der Waals surface area contributed by atoms with Crippen LogP contribution in [-0.4, -0.2) is 23.0 Å². The van der Waals surface area contributed by atoms with E-state index >= 15 is 0 Å². The number of carboxylic acid groups (broad SMARTS) is 1. The zero-order valence-corrected chi connectivity index (χ0v) is 11.4. The van der Waals surface area contributed by atoms with Gasteiger partial charge in [0.15, 0.2) is 0 Å². The minimum Gasteiger partial charge on any atom is -0.480 e. The Morgan fingerprint density at radius 3 is 2.37 bits per heavy atom. The maximum Gasteiger partial charge on any atom is 0.326 e. The van der Waals surface area contributed by atoms with E-state index in [0.29, 0.717) is 6.42 Å². The number of nitrogens with one attached hydrogen (secondary N) is 1. The van der Waals surface area contributed by atoms with E-state index in [-0.39, 0.29) is 11.8 Å². The third-order valence-corrected chi connectivity index (χ3v) is 2.96. The zero-order chi connectivity index (χ0) is 14.3. The molecule has 4 nitrogen and oxygen atoms in total. The quantitative estimate of drug-likeness (QED) is 0.792. The molecule has 19 heavy (non-hydrogen) atoms. The van der Waals surface area contributed by atoms with Gasteiger partial charge in [-0.2, -0.15) is 0 Å². The minimum atomic E-state index is -0.980. The van der Waals surface area contributed by atoms with Gasteiger partial charge in [-0.1, -0.05) is 44.2 Å². The van der Waals surface area contributed by atoms with Crippen LogP contribution in [0.25, 0.3) is 0 Å². The molecule has 0 saturated carbocycles. The minimum absolute atomic E-state index is 0.115. The maximum atomic E-state index is 11.7. The second kappa shape index (κ2) is 7.56. The molecule has 0 saturated heterocycles. The van der Waals surface area contributed by atoms with E-state index in [0.717, 1.165) is 12.8 Å². The van der Waals surface area contributed by atoms with E-state index < -0.39 is 12.0 Å². The number of carboxylic acids is 1. The summed E-state index contributed by atoms with van der Waals surface area (Å²) in [6.45, 7) is 3.56. The Morgan fingerprint density at radius 2 is 1.84 bits per heavy atom. The van der Waals surface area contributed by atoms with Crippen LogP contribution in [-0.2, 0) is 16.0 Å². The molecule has 1 rings (SSSR count). The molecule has 0 heterocycles. The molecule has 1 atom stereocenters. The van der Waals surface area contributed by atoms with Gasteiger partial charge in [0.2, 0.25) is 5.91 Å². The molecule has 4 heteroatoms. The fourth-order valence-electron chi connectivity index (χ4n) is 1.86. The van der Waals surface area contributed by atoms with Gasteiger partial charge >= 0.3 is 5.97 Å². The Hall–Kier alpha value is -1.84. The highest BCUT2D eigenvalue weighted by molar-refractivity contribution is 5.83. The van der Waals surface area contributed by atoms with Crippen LogP contribution in [0.4, 0.5) is 0 Å². The van der Waals surface area contributed by atoms with Crippen molar-refractivity contribution >= 4 is 11.9 Å². The van der Waals surface area contributed by atoms with E-state index in [2.05, 4.69) is 5.32 Å². The van der Waals surface area contributed by atoms with Gasteiger partial charge in [0, 0.05) is 6.42 Å². The molecule has 1 aromatic carbocycles. The van der Waals surface area contributed by atoms with Gasteiger partial charge in [-0.3, -0.25) is 4.79 Å². The van der Waals surface area contributed by atoms with Gasteiger partial charge in [0.05, 0.1) is 0 Å². The lowest BCUT2D eigenvalue weighted by Crippen LogP contribution is -2.44. The SMILES string of the molecule is CC(C)[C@@H](NC(=O)CCCc1ccccc1)C(=O)O. The third-order valence-electron chi connectivity index (χ3n) is 2.96. The van der Waals surface area contributed by atoms with E-state index in [1.54, 1.807) is 13.8 Å². The number of aryl methyl sites for hydroxylation is 1. The van der Waals surface area contributed by atoms with E-state index in [9.17, 15) is 9.59 Å². The lowest BCUT2D eigenvalue weighted by molar-refractivity contribution is -0.143. The molecule has 0 aliphatic rings. The second-order valence-electron chi connectivity index (χ2n) is 4.97. The van der Waals surface area contributed by atoms with Crippen LogP contribution in [0.1, 0.15) is 32.3 Å². The highest BCUT2D eigenvalue weighted by Gasteiger charge is 2.22. The van der Waals surface area contributed by atoms with Crippen LogP contribution < -0.4 is 5.32 Å². The number of carbonyl (C=O) groups excluding carboxylic acids is 1. The van der Waals surface area contributed by atoms with Crippen molar-refractivity contribution in [3.8, 4) is 0 Å². The molecule has 0 bridgehead atoms. The smallest absolute Gasteiger partial charge is 0.326 e. The summed E-state index contributed by atoms with van der Waals surface area (Å²) in [6.07, 6.45) is 1.90. The first-order valence-electron chi connectivity index (χ1n) is 6.57. The Balaban J connectivity index is 2.33. The van der Waals surface area contributed by atoms with Crippen molar-refractivity contribution in [1.82, 2.24) is 5.32 Å². The summed E-state index contributed by atoms with van der Waals surface area (Å²) in [4.78, 5) is 22.6. The fourth-order valence-corrected chi connectivity index (χ4v) is 1.86. The van der Waals surface area contributed by atoms with Gasteiger partial charge in [0.25, 0.3) is 0 Å². The molecule has 1 amide bonds. The van der Waals surface area contributed by atoms with Gasteiger partial charge in [-0.05, 0) is 24.3 Å². The van der Waals surface area contributed by atoms with Gasteiger partial charge in [0.1, 0.15) is 6.04 Å². The third kappa shape index (κ3) is 5.55. The lowest BCUT2D eigenvalue weighted by atomic mass is 10.0. The van der Waals surface area contributed by atoms with Gasteiger partial charge in [-0.15, -0.1) is 0 Å². The average molecular weight is 263 g/mol. The monoisotopic (exact) mass is 263 g/mol. The highest BCUT2D eigenvalue weighted by atomic mass is 16.4. The fraction of sp³-hybridized carbons (Fsp3) is 0.467. The molecular weight excluding hydrogens is 242 g/mol. The van der Waals surface area contributed by atoms with Crippen molar-refractivity contribution in [2.24, 2.45) is 5.92 Å². The molecule has 0 aromatic heterocycles. The highest BCUT2D eigenvalue weighted by Crippen LogP contribution is 2.06. The molecule has 2 N–H and O–H groups in total. The van der Waals surface area contributed by atoms with Crippen molar-refractivity contribution < 1.29 is 14.7 Å². The standard InChI is InChI=1S/C15H21NO3/c1-11(2)14(15(18)19)16-13(17)10-6-9-12-7-4-3-5-8-12/h3-5,7-8,11,14H,6,9-10H2,1-2H3,(H,16,17)(H,18,19)/t14-/m1/s1. The lowest BCUT2D eigenvalue weighted by Gasteiger charge is -2.17. The zero-order valence-electron chi connectivity index (χ0n) is 11.4. The van der Waals surface area contributed by atoms with Gasteiger partial charge < -0.3 is 10.4 Å². The Morgan fingerprint density at radius 1 is 1.21 bits per heavy atom. The van der Waals surface area contributed by atoms with E-state index in [1.807, 2.05) is 30.3 Å². The maximum absolute atomic E-state index is 11.7. The Labute approximate surface area is 113 Å². The number of benzene rings is 1. The van der Waals surface area contributed by atoms with Crippen LogP contribution in [0, 0.1) is 5.92 Å². The number of hydrogen-bond acceptors (Lipinski definition) is 2. The predicted octanol–water partition coefficient (Wildman–Crippen LogP) is 2.23. The van der Waals surface area contributed by atoms with Crippen LogP contribution in [0.3, 0.4) is 0 Å². The average Bonchev–Trinajstić information content (AvgIpc) is 2.36. The van der Waals surface area contributed by atoms with Crippen molar-refractivity contribution in [2.75, 3.05) is 0 Å². The largest absolute Gasteiger partial charge is 0.480 e. The molecule has 104 valence electrons. The Bertz CT molecular complexity index is 415. The molecule has 1 aromatic rings. The topological polar surface area (TPSA) is 66.4 Å². The number of aliphatic carboxylic acids is 1. The second-order valence-corrected chi connectivity index (χ2v) is 4.97. The molecule has 0 radical (unpaired) electrons. The number of carbonyl (C=O) groups is 2. The summed E-state index contributed by atoms with van der Waals surface area (Å²) in [5.41, 5.74) is 1.19. The summed E-state index contributed by atoms with van der Waals surface area (Å²) in [7, 11) is 0. The summed E-state index contributed by atoms with van der Waals surface area (Å²) in [5.74, 6) is -1.29. The molecule has 0 spiro atoms. The molecule has 0 aliphatic carbocycles. The van der Waals surface area contributed by atoms with Crippen molar-refractivity contribution in [3.63, 3.8) is 0 Å². The van der Waals surface area contributed by atoms with E-state index in [4.69, 9.17) is 5.11 Å². The normalized spacial score (nSPS) is 12.2. The first-order chi connectivity index (χ1) is 9.00. The van der Waals surface area contributed by atoms with Gasteiger partial charge in [-0.25, -0.2) is 4.79 Å². The number of rotatable bonds is 7. The summed E-state index contributed by atoms with van der Waals surface area (Å²) in [6, 6.07) is 9.13. The summed E-state index contributed by atoms with van der Waals surface area (Å²) in [5, 5.41) is 11.5. The first-order valence-corrected chi connectivity index (χ1v) is 6.57. The van der Waals surface area contributed by atoms with Crippen LogP contribution in [0.2, 0.25) is 0 Å². The number of hydrogen-bond donors (Lipinski definition) is 2. The summed E-state index contributed by atoms with van der Waals surface area (Å²) < 4.78 is 0. The molecule has 0 aliphatic heterocycles. The molecule has 0 fully saturated rings.